The summed E-state index contributed by atoms with van der Waals surface area (Å²) in [6, 6.07) is 19.0. The summed E-state index contributed by atoms with van der Waals surface area (Å²) in [5.41, 5.74) is 3.81. The van der Waals surface area contributed by atoms with E-state index in [0.717, 1.165) is 38.6 Å². The minimum atomic E-state index is 0.566. The number of aryl methyl sites for hydroxylation is 1. The highest BCUT2D eigenvalue weighted by molar-refractivity contribution is 5.80. The van der Waals surface area contributed by atoms with Crippen molar-refractivity contribution in [3.05, 3.63) is 71.3 Å². The van der Waals surface area contributed by atoms with Gasteiger partial charge in [0.1, 0.15) is 0 Å². The third kappa shape index (κ3) is 5.33. The summed E-state index contributed by atoms with van der Waals surface area (Å²) in [6.07, 6.45) is 1.15. The van der Waals surface area contributed by atoms with Crippen molar-refractivity contribution in [3.8, 4) is 0 Å². The molecule has 1 saturated heterocycles. The van der Waals surface area contributed by atoms with Crippen LogP contribution in [0.25, 0.3) is 0 Å². The smallest absolute Gasteiger partial charge is 0.193 e. The zero-order chi connectivity index (χ0) is 18.2. The number of aliphatic imine (C=N–C) groups is 1. The molecule has 0 saturated carbocycles. The second-order valence-electron chi connectivity index (χ2n) is 6.99. The number of hydrogen-bond donors (Lipinski definition) is 1. The van der Waals surface area contributed by atoms with Crippen LogP contribution in [-0.2, 0) is 17.9 Å². The van der Waals surface area contributed by atoms with Gasteiger partial charge >= 0.3 is 0 Å². The van der Waals surface area contributed by atoms with E-state index in [1.54, 1.807) is 0 Å². The van der Waals surface area contributed by atoms with E-state index < -0.39 is 0 Å². The van der Waals surface area contributed by atoms with E-state index in [2.05, 4.69) is 70.7 Å². The van der Waals surface area contributed by atoms with Crippen LogP contribution in [0.15, 0.2) is 59.6 Å². The lowest BCUT2D eigenvalue weighted by Gasteiger charge is -2.22. The van der Waals surface area contributed by atoms with Crippen LogP contribution in [-0.4, -0.2) is 37.6 Å². The maximum Gasteiger partial charge on any atom is 0.193 e. The normalized spacial score (nSPS) is 17.5. The molecular formula is C22H29N3O. The molecule has 0 aliphatic carbocycles. The Balaban J connectivity index is 1.43. The van der Waals surface area contributed by atoms with Gasteiger partial charge in [-0.3, -0.25) is 4.99 Å². The molecule has 0 amide bonds. The Morgan fingerprint density at radius 3 is 2.73 bits per heavy atom. The summed E-state index contributed by atoms with van der Waals surface area (Å²) in [5.74, 6) is 1.55. The molecule has 26 heavy (non-hydrogen) atoms. The summed E-state index contributed by atoms with van der Waals surface area (Å²) in [5, 5.41) is 3.49. The number of hydrogen-bond acceptors (Lipinski definition) is 2. The Labute approximate surface area is 156 Å². The van der Waals surface area contributed by atoms with E-state index in [0.29, 0.717) is 12.5 Å². The highest BCUT2D eigenvalue weighted by Crippen LogP contribution is 2.17. The fourth-order valence-electron chi connectivity index (χ4n) is 3.41. The average Bonchev–Trinajstić information content (AvgIpc) is 3.12. The number of rotatable bonds is 6. The van der Waals surface area contributed by atoms with Gasteiger partial charge in [-0.05, 0) is 24.5 Å². The molecule has 138 valence electrons. The van der Waals surface area contributed by atoms with E-state index in [1.807, 2.05) is 13.1 Å². The van der Waals surface area contributed by atoms with Gasteiger partial charge < -0.3 is 15.0 Å². The lowest BCUT2D eigenvalue weighted by molar-refractivity contribution is 0.0906. The molecule has 1 heterocycles. The first kappa shape index (κ1) is 18.5. The van der Waals surface area contributed by atoms with Crippen LogP contribution in [0.5, 0.6) is 0 Å². The molecule has 1 aliphatic rings. The van der Waals surface area contributed by atoms with Gasteiger partial charge in [0.25, 0.3) is 0 Å². The first-order chi connectivity index (χ1) is 12.7. The minimum Gasteiger partial charge on any atom is -0.376 e. The molecule has 2 aromatic rings. The molecule has 0 aromatic heterocycles. The Kier molecular flexibility index (Phi) is 6.67. The first-order valence-corrected chi connectivity index (χ1v) is 9.37. The topological polar surface area (TPSA) is 36.9 Å². The highest BCUT2D eigenvalue weighted by Gasteiger charge is 2.24. The van der Waals surface area contributed by atoms with E-state index in [4.69, 9.17) is 4.74 Å². The fraction of sp³-hybridized carbons (Fsp3) is 0.409. The van der Waals surface area contributed by atoms with Crippen molar-refractivity contribution < 1.29 is 4.74 Å². The quantitative estimate of drug-likeness (QED) is 0.638. The van der Waals surface area contributed by atoms with Crippen molar-refractivity contribution in [2.24, 2.45) is 10.9 Å². The summed E-state index contributed by atoms with van der Waals surface area (Å²) in [7, 11) is 1.86. The van der Waals surface area contributed by atoms with Gasteiger partial charge in [-0.2, -0.15) is 0 Å². The Morgan fingerprint density at radius 2 is 1.96 bits per heavy atom. The standard InChI is InChI=1S/C22H29N3O/c1-18-7-6-10-20(13-18)14-24-22(23-2)25-12-11-21(15-25)17-26-16-19-8-4-3-5-9-19/h3-10,13,21H,11-12,14-17H2,1-2H3,(H,23,24). The van der Waals surface area contributed by atoms with Crippen LogP contribution in [0.3, 0.4) is 0 Å². The molecule has 1 unspecified atom stereocenters. The third-order valence-electron chi connectivity index (χ3n) is 4.80. The highest BCUT2D eigenvalue weighted by atomic mass is 16.5. The van der Waals surface area contributed by atoms with Crippen molar-refractivity contribution in [2.45, 2.75) is 26.5 Å². The van der Waals surface area contributed by atoms with Crippen LogP contribution >= 0.6 is 0 Å². The second-order valence-corrected chi connectivity index (χ2v) is 6.99. The zero-order valence-corrected chi connectivity index (χ0v) is 15.8. The number of ether oxygens (including phenoxy) is 1. The van der Waals surface area contributed by atoms with Crippen molar-refractivity contribution in [3.63, 3.8) is 0 Å². The van der Waals surface area contributed by atoms with Crippen LogP contribution < -0.4 is 5.32 Å². The number of nitrogens with one attached hydrogen (secondary N) is 1. The summed E-state index contributed by atoms with van der Waals surface area (Å²) >= 11 is 0. The predicted octanol–water partition coefficient (Wildman–Crippen LogP) is 3.61. The van der Waals surface area contributed by atoms with E-state index in [-0.39, 0.29) is 0 Å². The van der Waals surface area contributed by atoms with Gasteiger partial charge in [-0.15, -0.1) is 0 Å². The zero-order valence-electron chi connectivity index (χ0n) is 15.8. The predicted molar refractivity (Wildman–Crippen MR) is 107 cm³/mol. The summed E-state index contributed by atoms with van der Waals surface area (Å²) in [4.78, 5) is 6.80. The number of benzene rings is 2. The van der Waals surface area contributed by atoms with Crippen molar-refractivity contribution in [2.75, 3.05) is 26.7 Å². The van der Waals surface area contributed by atoms with Crippen molar-refractivity contribution in [1.82, 2.24) is 10.2 Å². The lowest BCUT2D eigenvalue weighted by Crippen LogP contribution is -2.39. The Morgan fingerprint density at radius 1 is 1.15 bits per heavy atom. The summed E-state index contributed by atoms with van der Waals surface area (Å²) in [6.45, 7) is 6.46. The Bertz CT molecular complexity index is 714. The average molecular weight is 351 g/mol. The fourth-order valence-corrected chi connectivity index (χ4v) is 3.41. The van der Waals surface area contributed by atoms with Gasteiger partial charge in [-0.1, -0.05) is 60.2 Å². The maximum atomic E-state index is 5.92. The van der Waals surface area contributed by atoms with Crippen LogP contribution in [0.4, 0.5) is 0 Å². The lowest BCUT2D eigenvalue weighted by atomic mass is 10.1. The van der Waals surface area contributed by atoms with Gasteiger partial charge in [-0.25, -0.2) is 0 Å². The molecule has 0 radical (unpaired) electrons. The molecule has 4 heteroatoms. The molecule has 1 aliphatic heterocycles. The second kappa shape index (κ2) is 9.39. The third-order valence-corrected chi connectivity index (χ3v) is 4.80. The van der Waals surface area contributed by atoms with E-state index >= 15 is 0 Å². The molecule has 0 spiro atoms. The minimum absolute atomic E-state index is 0.566. The first-order valence-electron chi connectivity index (χ1n) is 9.37. The van der Waals surface area contributed by atoms with E-state index in [1.165, 1.54) is 16.7 Å². The molecular weight excluding hydrogens is 322 g/mol. The molecule has 4 nitrogen and oxygen atoms in total. The molecule has 1 atom stereocenters. The van der Waals surface area contributed by atoms with Gasteiger partial charge in [0.05, 0.1) is 13.2 Å². The van der Waals surface area contributed by atoms with Gasteiger partial charge in [0.15, 0.2) is 5.96 Å². The SMILES string of the molecule is CN=C(NCc1cccc(C)c1)N1CCC(COCc2ccccc2)C1. The largest absolute Gasteiger partial charge is 0.376 e. The number of guanidine groups is 1. The van der Waals surface area contributed by atoms with Crippen LogP contribution in [0.1, 0.15) is 23.1 Å². The molecule has 1 fully saturated rings. The maximum absolute atomic E-state index is 5.92. The van der Waals surface area contributed by atoms with Crippen molar-refractivity contribution >= 4 is 5.96 Å². The van der Waals surface area contributed by atoms with Crippen LogP contribution in [0, 0.1) is 12.8 Å². The van der Waals surface area contributed by atoms with E-state index in [9.17, 15) is 0 Å². The Hall–Kier alpha value is -2.33. The molecule has 2 aromatic carbocycles. The number of likely N-dealkylation sites (tertiary alicyclic amines) is 1. The summed E-state index contributed by atoms with van der Waals surface area (Å²) < 4.78 is 5.92. The number of nitrogens with zero attached hydrogens (tertiary/aromatic N) is 2. The van der Waals surface area contributed by atoms with Crippen LogP contribution in [0.2, 0.25) is 0 Å². The van der Waals surface area contributed by atoms with Gasteiger partial charge in [0, 0.05) is 32.6 Å². The van der Waals surface area contributed by atoms with Crippen molar-refractivity contribution in [1.29, 1.82) is 0 Å². The molecule has 0 bridgehead atoms. The molecule has 3 rings (SSSR count). The monoisotopic (exact) mass is 351 g/mol. The molecule has 1 N–H and O–H groups in total. The van der Waals surface area contributed by atoms with Gasteiger partial charge in [0.2, 0.25) is 0 Å².